The minimum atomic E-state index is -0.599. The summed E-state index contributed by atoms with van der Waals surface area (Å²) in [6.45, 7) is 0.918. The van der Waals surface area contributed by atoms with E-state index < -0.39 is 12.1 Å². The van der Waals surface area contributed by atoms with Crippen molar-refractivity contribution in [3.05, 3.63) is 35.0 Å². The van der Waals surface area contributed by atoms with Crippen molar-refractivity contribution in [2.75, 3.05) is 19.7 Å². The summed E-state index contributed by atoms with van der Waals surface area (Å²) in [7, 11) is 0. The summed E-state index contributed by atoms with van der Waals surface area (Å²) in [5.41, 5.74) is 1.13. The number of para-hydroxylation sites is 1. The molecule has 0 unspecified atom stereocenters. The van der Waals surface area contributed by atoms with Crippen LogP contribution in [0.3, 0.4) is 0 Å². The monoisotopic (exact) mass is 458 g/mol. The third-order valence-electron chi connectivity index (χ3n) is 7.16. The molecule has 3 aliphatic rings. The number of rotatable bonds is 6. The Bertz CT molecular complexity index is 1080. The fourth-order valence-corrected chi connectivity index (χ4v) is 5.35. The molecule has 9 heteroatoms. The van der Waals surface area contributed by atoms with Crippen molar-refractivity contribution in [3.8, 4) is 0 Å². The third kappa shape index (κ3) is 3.86. The van der Waals surface area contributed by atoms with E-state index >= 15 is 0 Å². The second-order valence-corrected chi connectivity index (χ2v) is 9.85. The van der Waals surface area contributed by atoms with Crippen molar-refractivity contribution < 1.29 is 19.5 Å². The van der Waals surface area contributed by atoms with Crippen molar-refractivity contribution in [1.29, 1.82) is 0 Å². The second kappa shape index (κ2) is 8.08. The summed E-state index contributed by atoms with van der Waals surface area (Å²) in [4.78, 5) is 43.3. The smallest absolute Gasteiger partial charge is 0.271 e. The number of likely N-dealkylation sites (tertiary alicyclic amines) is 1. The lowest BCUT2D eigenvalue weighted by Crippen LogP contribution is -2.50. The van der Waals surface area contributed by atoms with Gasteiger partial charge in [-0.05, 0) is 49.7 Å². The van der Waals surface area contributed by atoms with Gasteiger partial charge in [0.25, 0.3) is 5.91 Å². The van der Waals surface area contributed by atoms with E-state index in [4.69, 9.17) is 11.6 Å². The molecule has 1 aliphatic carbocycles. The molecule has 5 rings (SSSR count). The van der Waals surface area contributed by atoms with E-state index in [0.29, 0.717) is 48.6 Å². The van der Waals surface area contributed by atoms with Gasteiger partial charge in [0.05, 0.1) is 23.2 Å². The van der Waals surface area contributed by atoms with Crippen molar-refractivity contribution in [2.24, 2.45) is 11.3 Å². The predicted molar refractivity (Wildman–Crippen MR) is 119 cm³/mol. The van der Waals surface area contributed by atoms with Gasteiger partial charge < -0.3 is 25.6 Å². The van der Waals surface area contributed by atoms with Crippen LogP contribution in [-0.4, -0.2) is 64.5 Å². The topological polar surface area (TPSA) is 115 Å². The number of amides is 3. The minimum Gasteiger partial charge on any atom is -0.394 e. The highest BCUT2D eigenvalue weighted by Gasteiger charge is 2.55. The van der Waals surface area contributed by atoms with Gasteiger partial charge in [-0.15, -0.1) is 0 Å². The summed E-state index contributed by atoms with van der Waals surface area (Å²) in [5.74, 6) is -0.741. The Kier molecular flexibility index (Phi) is 5.37. The SMILES string of the molecule is O=C1NCC[C@H]1C[C@@H](CO)NC(=O)[C@@H]1CC2(CC2)CN1C(=O)c1cc2cccc(Cl)c2[nH]1. The first-order chi connectivity index (χ1) is 15.4. The Hall–Kier alpha value is -2.58. The maximum atomic E-state index is 13.4. The largest absolute Gasteiger partial charge is 0.394 e. The van der Waals surface area contributed by atoms with Crippen LogP contribution in [0.1, 0.15) is 42.6 Å². The highest BCUT2D eigenvalue weighted by Crippen LogP contribution is 2.55. The third-order valence-corrected chi connectivity index (χ3v) is 7.48. The number of aromatic nitrogens is 1. The first-order valence-corrected chi connectivity index (χ1v) is 11.5. The molecule has 0 bridgehead atoms. The van der Waals surface area contributed by atoms with Crippen LogP contribution < -0.4 is 10.6 Å². The molecule has 4 N–H and O–H groups in total. The first kappa shape index (κ1) is 21.3. The molecular weight excluding hydrogens is 432 g/mol. The molecule has 1 spiro atoms. The molecule has 3 atom stereocenters. The Balaban J connectivity index is 1.33. The van der Waals surface area contributed by atoms with Crippen LogP contribution in [0.2, 0.25) is 5.02 Å². The number of halogens is 1. The molecule has 1 aromatic carbocycles. The van der Waals surface area contributed by atoms with Gasteiger partial charge in [-0.25, -0.2) is 0 Å². The van der Waals surface area contributed by atoms with Gasteiger partial charge in [-0.3, -0.25) is 14.4 Å². The van der Waals surface area contributed by atoms with Crippen LogP contribution in [0.4, 0.5) is 0 Å². The van der Waals surface area contributed by atoms with Crippen molar-refractivity contribution >= 4 is 40.2 Å². The lowest BCUT2D eigenvalue weighted by atomic mass is 9.98. The van der Waals surface area contributed by atoms with E-state index in [9.17, 15) is 19.5 Å². The summed E-state index contributed by atoms with van der Waals surface area (Å²) >= 11 is 6.25. The lowest BCUT2D eigenvalue weighted by molar-refractivity contribution is -0.127. The van der Waals surface area contributed by atoms with E-state index in [1.165, 1.54) is 0 Å². The van der Waals surface area contributed by atoms with Crippen molar-refractivity contribution in [1.82, 2.24) is 20.5 Å². The van der Waals surface area contributed by atoms with Crippen LogP contribution in [0.15, 0.2) is 24.3 Å². The van der Waals surface area contributed by atoms with Crippen LogP contribution in [0.25, 0.3) is 10.9 Å². The number of nitrogens with one attached hydrogen (secondary N) is 3. The average Bonchev–Trinajstić information content (AvgIpc) is 3.08. The van der Waals surface area contributed by atoms with E-state index in [0.717, 1.165) is 18.2 Å². The van der Waals surface area contributed by atoms with E-state index in [2.05, 4.69) is 15.6 Å². The normalized spacial score (nSPS) is 24.7. The molecule has 3 fully saturated rings. The maximum absolute atomic E-state index is 13.4. The Morgan fingerprint density at radius 2 is 2.16 bits per heavy atom. The molecule has 8 nitrogen and oxygen atoms in total. The van der Waals surface area contributed by atoms with Crippen molar-refractivity contribution in [2.45, 2.75) is 44.2 Å². The van der Waals surface area contributed by atoms with Gasteiger partial charge >= 0.3 is 0 Å². The number of carbonyl (C=O) groups excluding carboxylic acids is 3. The number of H-pyrrole nitrogens is 1. The van der Waals surface area contributed by atoms with Gasteiger partial charge in [0.15, 0.2) is 0 Å². The number of fused-ring (bicyclic) bond motifs is 1. The standard InChI is InChI=1S/C23H27ClN4O4/c24-16-3-1-2-13-9-17(27-19(13)16)22(32)28-12-23(5-6-23)10-18(28)21(31)26-15(11-29)8-14-4-7-25-20(14)30/h1-3,9,14-15,18,27,29H,4-8,10-12H2,(H,25,30)(H,26,31)/t14-,15-,18-/m0/s1. The van der Waals surface area contributed by atoms with Crippen LogP contribution in [0.5, 0.6) is 0 Å². The van der Waals surface area contributed by atoms with Gasteiger partial charge in [0, 0.05) is 24.4 Å². The molecule has 32 heavy (non-hydrogen) atoms. The average molecular weight is 459 g/mol. The molecule has 3 amide bonds. The number of benzene rings is 1. The molecule has 3 heterocycles. The molecule has 2 aromatic rings. The van der Waals surface area contributed by atoms with E-state index in [1.807, 2.05) is 12.1 Å². The Labute approximate surface area is 190 Å². The fourth-order valence-electron chi connectivity index (χ4n) is 5.12. The lowest BCUT2D eigenvalue weighted by Gasteiger charge is -2.26. The van der Waals surface area contributed by atoms with E-state index in [1.54, 1.807) is 17.0 Å². The maximum Gasteiger partial charge on any atom is 0.271 e. The molecule has 2 aliphatic heterocycles. The van der Waals surface area contributed by atoms with Crippen molar-refractivity contribution in [3.63, 3.8) is 0 Å². The molecule has 2 saturated heterocycles. The number of hydrogen-bond acceptors (Lipinski definition) is 4. The molecule has 0 radical (unpaired) electrons. The Morgan fingerprint density at radius 3 is 2.81 bits per heavy atom. The minimum absolute atomic E-state index is 0.0153. The first-order valence-electron chi connectivity index (χ1n) is 11.2. The zero-order chi connectivity index (χ0) is 22.5. The molecular formula is C23H27ClN4O4. The number of hydrogen-bond donors (Lipinski definition) is 4. The summed E-state index contributed by atoms with van der Waals surface area (Å²) in [6.07, 6.45) is 3.72. The number of aliphatic hydroxyl groups is 1. The molecule has 170 valence electrons. The van der Waals surface area contributed by atoms with E-state index in [-0.39, 0.29) is 35.7 Å². The molecule has 1 saturated carbocycles. The highest BCUT2D eigenvalue weighted by molar-refractivity contribution is 6.35. The summed E-state index contributed by atoms with van der Waals surface area (Å²) in [5, 5.41) is 16.9. The zero-order valence-electron chi connectivity index (χ0n) is 17.7. The number of aromatic amines is 1. The van der Waals surface area contributed by atoms with Gasteiger partial charge in [0.2, 0.25) is 11.8 Å². The number of aliphatic hydroxyl groups excluding tert-OH is 1. The quantitative estimate of drug-likeness (QED) is 0.528. The summed E-state index contributed by atoms with van der Waals surface area (Å²) in [6, 6.07) is 6.13. The van der Waals surface area contributed by atoms with Crippen LogP contribution in [-0.2, 0) is 9.59 Å². The Morgan fingerprint density at radius 1 is 1.34 bits per heavy atom. The number of carbonyl (C=O) groups is 3. The number of nitrogens with zero attached hydrogens (tertiary/aromatic N) is 1. The molecule has 1 aromatic heterocycles. The predicted octanol–water partition coefficient (Wildman–Crippen LogP) is 1.82. The van der Waals surface area contributed by atoms with Crippen LogP contribution in [0, 0.1) is 11.3 Å². The summed E-state index contributed by atoms with van der Waals surface area (Å²) < 4.78 is 0. The van der Waals surface area contributed by atoms with Crippen LogP contribution >= 0.6 is 11.6 Å². The second-order valence-electron chi connectivity index (χ2n) is 9.44. The van der Waals surface area contributed by atoms with Gasteiger partial charge in [-0.2, -0.15) is 0 Å². The zero-order valence-corrected chi connectivity index (χ0v) is 18.5. The van der Waals surface area contributed by atoms with Gasteiger partial charge in [0.1, 0.15) is 11.7 Å². The van der Waals surface area contributed by atoms with Gasteiger partial charge in [-0.1, -0.05) is 23.7 Å². The highest BCUT2D eigenvalue weighted by atomic mass is 35.5. The fraction of sp³-hybridized carbons (Fsp3) is 0.522.